The summed E-state index contributed by atoms with van der Waals surface area (Å²) in [6.07, 6.45) is 2.70. The molecule has 0 spiro atoms. The second-order valence-electron chi connectivity index (χ2n) is 4.82. The van der Waals surface area contributed by atoms with Crippen LogP contribution in [0.4, 0.5) is 5.82 Å². The van der Waals surface area contributed by atoms with Crippen molar-refractivity contribution in [3.63, 3.8) is 0 Å². The van der Waals surface area contributed by atoms with Crippen LogP contribution in [-0.4, -0.2) is 23.1 Å². The van der Waals surface area contributed by atoms with Crippen LogP contribution in [0.25, 0.3) is 0 Å². The third-order valence-corrected chi connectivity index (χ3v) is 2.80. The Balaban J connectivity index is 2.12. The zero-order chi connectivity index (χ0) is 12.4. The van der Waals surface area contributed by atoms with Gasteiger partial charge in [-0.2, -0.15) is 0 Å². The molecule has 2 rings (SSSR count). The van der Waals surface area contributed by atoms with Gasteiger partial charge < -0.3 is 10.1 Å². The summed E-state index contributed by atoms with van der Waals surface area (Å²) in [4.78, 5) is 16.1. The van der Waals surface area contributed by atoms with Gasteiger partial charge in [-0.1, -0.05) is 6.92 Å². The van der Waals surface area contributed by atoms with E-state index >= 15 is 0 Å². The van der Waals surface area contributed by atoms with Crippen molar-refractivity contribution < 1.29 is 9.53 Å². The van der Waals surface area contributed by atoms with E-state index in [9.17, 15) is 4.79 Å². The largest absolute Gasteiger partial charge is 0.459 e. The zero-order valence-electron chi connectivity index (χ0n) is 10.4. The Bertz CT molecular complexity index is 418. The van der Waals surface area contributed by atoms with Crippen molar-refractivity contribution in [2.45, 2.75) is 39.3 Å². The number of hydrogen-bond donors (Lipinski definition) is 1. The second-order valence-corrected chi connectivity index (χ2v) is 4.82. The lowest BCUT2D eigenvalue weighted by Gasteiger charge is -2.11. The SMILES string of the molecule is CC(C)OC(=O)c1cccnc1NC1CC1C. The third-order valence-electron chi connectivity index (χ3n) is 2.80. The van der Waals surface area contributed by atoms with Gasteiger partial charge in [-0.05, 0) is 38.3 Å². The Labute approximate surface area is 101 Å². The molecule has 1 aromatic heterocycles. The van der Waals surface area contributed by atoms with Crippen molar-refractivity contribution in [3.8, 4) is 0 Å². The Morgan fingerprint density at radius 3 is 2.88 bits per heavy atom. The number of carbonyl (C=O) groups excluding carboxylic acids is 1. The Morgan fingerprint density at radius 1 is 1.59 bits per heavy atom. The molecule has 2 unspecified atom stereocenters. The van der Waals surface area contributed by atoms with E-state index in [1.54, 1.807) is 18.3 Å². The fourth-order valence-electron chi connectivity index (χ4n) is 1.66. The molecule has 0 aromatic carbocycles. The average molecular weight is 234 g/mol. The number of pyridine rings is 1. The van der Waals surface area contributed by atoms with Gasteiger partial charge in [0.1, 0.15) is 11.4 Å². The lowest BCUT2D eigenvalue weighted by molar-refractivity contribution is 0.0378. The van der Waals surface area contributed by atoms with Crippen LogP contribution in [0.3, 0.4) is 0 Å². The van der Waals surface area contributed by atoms with E-state index in [1.807, 2.05) is 13.8 Å². The topological polar surface area (TPSA) is 51.2 Å². The van der Waals surface area contributed by atoms with E-state index in [1.165, 1.54) is 0 Å². The van der Waals surface area contributed by atoms with E-state index in [0.29, 0.717) is 23.3 Å². The van der Waals surface area contributed by atoms with E-state index in [0.717, 1.165) is 6.42 Å². The lowest BCUT2D eigenvalue weighted by Crippen LogP contribution is -2.16. The van der Waals surface area contributed by atoms with Crippen molar-refractivity contribution in [1.29, 1.82) is 0 Å². The molecule has 0 radical (unpaired) electrons. The molecule has 0 aliphatic heterocycles. The minimum atomic E-state index is -0.316. The monoisotopic (exact) mass is 234 g/mol. The highest BCUT2D eigenvalue weighted by Gasteiger charge is 2.33. The van der Waals surface area contributed by atoms with Crippen molar-refractivity contribution >= 4 is 11.8 Å². The van der Waals surface area contributed by atoms with E-state index in [4.69, 9.17) is 4.74 Å². The summed E-state index contributed by atoms with van der Waals surface area (Å²) in [5.41, 5.74) is 0.514. The van der Waals surface area contributed by atoms with Crippen molar-refractivity contribution in [3.05, 3.63) is 23.9 Å². The first kappa shape index (κ1) is 11.9. The standard InChI is InChI=1S/C13H18N2O2/c1-8(2)17-13(16)10-5-4-6-14-12(10)15-11-7-9(11)3/h4-6,8-9,11H,7H2,1-3H3,(H,14,15). The van der Waals surface area contributed by atoms with E-state index in [-0.39, 0.29) is 12.1 Å². The van der Waals surface area contributed by atoms with Crippen LogP contribution >= 0.6 is 0 Å². The smallest absolute Gasteiger partial charge is 0.342 e. The van der Waals surface area contributed by atoms with Crippen LogP contribution in [0.1, 0.15) is 37.6 Å². The first-order valence-corrected chi connectivity index (χ1v) is 6.00. The molecule has 92 valence electrons. The first-order chi connectivity index (χ1) is 8.08. The molecule has 0 saturated heterocycles. The Hall–Kier alpha value is -1.58. The first-order valence-electron chi connectivity index (χ1n) is 6.00. The molecule has 2 atom stereocenters. The Kier molecular flexibility index (Phi) is 3.31. The van der Waals surface area contributed by atoms with Gasteiger partial charge in [-0.15, -0.1) is 0 Å². The highest BCUT2D eigenvalue weighted by atomic mass is 16.5. The van der Waals surface area contributed by atoms with E-state index < -0.39 is 0 Å². The summed E-state index contributed by atoms with van der Waals surface area (Å²) in [5, 5.41) is 3.28. The normalized spacial score (nSPS) is 22.4. The van der Waals surface area contributed by atoms with Crippen molar-refractivity contribution in [2.75, 3.05) is 5.32 Å². The molecule has 1 aromatic rings. The number of rotatable bonds is 4. The van der Waals surface area contributed by atoms with Gasteiger partial charge in [0.15, 0.2) is 0 Å². The predicted molar refractivity (Wildman–Crippen MR) is 66.0 cm³/mol. The number of aromatic nitrogens is 1. The lowest BCUT2D eigenvalue weighted by atomic mass is 10.2. The third kappa shape index (κ3) is 2.96. The average Bonchev–Trinajstić information content (AvgIpc) is 2.94. The van der Waals surface area contributed by atoms with E-state index in [2.05, 4.69) is 17.2 Å². The van der Waals surface area contributed by atoms with Crippen molar-refractivity contribution in [1.82, 2.24) is 4.98 Å². The molecule has 0 bridgehead atoms. The molecule has 1 fully saturated rings. The fraction of sp³-hybridized carbons (Fsp3) is 0.538. The number of esters is 1. The van der Waals surface area contributed by atoms with Gasteiger partial charge in [-0.25, -0.2) is 9.78 Å². The van der Waals surface area contributed by atoms with Crippen LogP contribution in [-0.2, 0) is 4.74 Å². The number of nitrogens with zero attached hydrogens (tertiary/aromatic N) is 1. The Morgan fingerprint density at radius 2 is 2.29 bits per heavy atom. The molecule has 4 heteroatoms. The summed E-state index contributed by atoms with van der Waals surface area (Å²) < 4.78 is 5.19. The van der Waals surface area contributed by atoms with Crippen LogP contribution < -0.4 is 5.32 Å². The molecule has 4 nitrogen and oxygen atoms in total. The maximum atomic E-state index is 11.9. The number of carbonyl (C=O) groups is 1. The summed E-state index contributed by atoms with van der Waals surface area (Å²) >= 11 is 0. The number of anilines is 1. The number of hydrogen-bond acceptors (Lipinski definition) is 4. The molecule has 1 aliphatic rings. The van der Waals surface area contributed by atoms with Gasteiger partial charge in [0.05, 0.1) is 6.10 Å². The van der Waals surface area contributed by atoms with Gasteiger partial charge in [0, 0.05) is 12.2 Å². The van der Waals surface area contributed by atoms with Gasteiger partial charge >= 0.3 is 5.97 Å². The molecular formula is C13H18N2O2. The molecule has 0 amide bonds. The molecular weight excluding hydrogens is 216 g/mol. The van der Waals surface area contributed by atoms with Gasteiger partial charge in [0.2, 0.25) is 0 Å². The maximum Gasteiger partial charge on any atom is 0.342 e. The summed E-state index contributed by atoms with van der Waals surface area (Å²) in [6.45, 7) is 5.85. The minimum absolute atomic E-state index is 0.115. The highest BCUT2D eigenvalue weighted by molar-refractivity contribution is 5.94. The molecule has 1 heterocycles. The summed E-state index contributed by atoms with van der Waals surface area (Å²) in [7, 11) is 0. The van der Waals surface area contributed by atoms with Crippen LogP contribution in [0.5, 0.6) is 0 Å². The second kappa shape index (κ2) is 4.73. The minimum Gasteiger partial charge on any atom is -0.459 e. The molecule has 1 aliphatic carbocycles. The molecule has 1 N–H and O–H groups in total. The van der Waals surface area contributed by atoms with Gasteiger partial charge in [-0.3, -0.25) is 0 Å². The van der Waals surface area contributed by atoms with Crippen molar-refractivity contribution in [2.24, 2.45) is 5.92 Å². The molecule has 1 saturated carbocycles. The van der Waals surface area contributed by atoms with Crippen LogP contribution in [0.15, 0.2) is 18.3 Å². The summed E-state index contributed by atoms with van der Waals surface area (Å²) in [5.74, 6) is 0.974. The van der Waals surface area contributed by atoms with Crippen LogP contribution in [0, 0.1) is 5.92 Å². The predicted octanol–water partition coefficient (Wildman–Crippen LogP) is 2.47. The highest BCUT2D eigenvalue weighted by Crippen LogP contribution is 2.33. The molecule has 17 heavy (non-hydrogen) atoms. The maximum absolute atomic E-state index is 11.9. The quantitative estimate of drug-likeness (QED) is 0.813. The number of ether oxygens (including phenoxy) is 1. The zero-order valence-corrected chi connectivity index (χ0v) is 10.4. The number of nitrogens with one attached hydrogen (secondary N) is 1. The fourth-order valence-corrected chi connectivity index (χ4v) is 1.66. The summed E-state index contributed by atoms with van der Waals surface area (Å²) in [6, 6.07) is 3.93. The van der Waals surface area contributed by atoms with Gasteiger partial charge in [0.25, 0.3) is 0 Å². The van der Waals surface area contributed by atoms with Crippen LogP contribution in [0.2, 0.25) is 0 Å².